The molecule has 1 atom stereocenters. The molecule has 1 unspecified atom stereocenters. The van der Waals surface area contributed by atoms with Crippen molar-refractivity contribution in [3.05, 3.63) is 28.2 Å². The first kappa shape index (κ1) is 18.0. The molecule has 0 aliphatic heterocycles. The maximum Gasteiger partial charge on any atom is 0.304 e. The van der Waals surface area contributed by atoms with E-state index in [2.05, 4.69) is 20.7 Å². The second-order valence-corrected chi connectivity index (χ2v) is 6.91. The Balaban J connectivity index is 3.13. The van der Waals surface area contributed by atoms with E-state index in [1.165, 1.54) is 0 Å². The summed E-state index contributed by atoms with van der Waals surface area (Å²) in [5, 5.41) is 8.76. The molecule has 0 amide bonds. The Bertz CT molecular complexity index is 613. The summed E-state index contributed by atoms with van der Waals surface area (Å²) in [4.78, 5) is 9.98. The molecule has 0 saturated heterocycles. The lowest BCUT2D eigenvalue weighted by Crippen LogP contribution is -2.37. The lowest BCUT2D eigenvalue weighted by Gasteiger charge is -2.17. The molecule has 0 aliphatic rings. The van der Waals surface area contributed by atoms with Crippen LogP contribution in [0.2, 0.25) is 0 Å². The van der Waals surface area contributed by atoms with Gasteiger partial charge in [0.15, 0.2) is 0 Å². The van der Waals surface area contributed by atoms with Crippen molar-refractivity contribution in [2.24, 2.45) is 0 Å². The lowest BCUT2D eigenvalue weighted by atomic mass is 10.1. The number of halogens is 3. The zero-order valence-electron chi connectivity index (χ0n) is 11.1. The van der Waals surface area contributed by atoms with E-state index in [4.69, 9.17) is 5.11 Å². The molecule has 9 heteroatoms. The van der Waals surface area contributed by atoms with Crippen LogP contribution in [0, 0.1) is 11.6 Å². The number of carboxylic acid groups (broad SMARTS) is 1. The number of carboxylic acids is 1. The smallest absolute Gasteiger partial charge is 0.304 e. The summed E-state index contributed by atoms with van der Waals surface area (Å²) >= 11 is 2.80. The van der Waals surface area contributed by atoms with Gasteiger partial charge < -0.3 is 5.11 Å². The Morgan fingerprint density at radius 3 is 2.52 bits per heavy atom. The molecule has 1 aromatic carbocycles. The summed E-state index contributed by atoms with van der Waals surface area (Å²) in [5.74, 6) is -3.34. The van der Waals surface area contributed by atoms with Crippen LogP contribution in [0.3, 0.4) is 0 Å². The molecule has 5 nitrogen and oxygen atoms in total. The Morgan fingerprint density at radius 2 is 2.05 bits per heavy atom. The summed E-state index contributed by atoms with van der Waals surface area (Å²) in [6.45, 7) is 1.76. The highest BCUT2D eigenvalue weighted by molar-refractivity contribution is 9.10. The first-order valence-electron chi connectivity index (χ1n) is 6.06. The summed E-state index contributed by atoms with van der Waals surface area (Å²) < 4.78 is 52.9. The van der Waals surface area contributed by atoms with Crippen LogP contribution in [0.15, 0.2) is 21.5 Å². The van der Waals surface area contributed by atoms with E-state index in [1.807, 2.05) is 0 Å². The number of hydrogen-bond donors (Lipinski definition) is 2. The fourth-order valence-corrected chi connectivity index (χ4v) is 4.26. The van der Waals surface area contributed by atoms with Crippen molar-refractivity contribution < 1.29 is 27.1 Å². The quantitative estimate of drug-likeness (QED) is 0.755. The Morgan fingerprint density at radius 1 is 1.43 bits per heavy atom. The van der Waals surface area contributed by atoms with Crippen molar-refractivity contribution in [1.82, 2.24) is 4.72 Å². The van der Waals surface area contributed by atoms with Gasteiger partial charge in [0.25, 0.3) is 0 Å². The fraction of sp³-hybridized carbons (Fsp3) is 0.417. The van der Waals surface area contributed by atoms with Crippen LogP contribution >= 0.6 is 15.9 Å². The summed E-state index contributed by atoms with van der Waals surface area (Å²) in [6.07, 6.45) is 0.410. The highest BCUT2D eigenvalue weighted by Gasteiger charge is 2.27. The maximum absolute atomic E-state index is 13.7. The van der Waals surface area contributed by atoms with Gasteiger partial charge in [0.1, 0.15) is 16.5 Å². The van der Waals surface area contributed by atoms with Crippen molar-refractivity contribution in [2.45, 2.75) is 37.1 Å². The van der Waals surface area contributed by atoms with Gasteiger partial charge in [-0.25, -0.2) is 21.9 Å². The first-order valence-corrected chi connectivity index (χ1v) is 8.33. The average Bonchev–Trinajstić information content (AvgIpc) is 2.24. The summed E-state index contributed by atoms with van der Waals surface area (Å²) in [6, 6.07) is 0.406. The molecule has 0 saturated carbocycles. The van der Waals surface area contributed by atoms with Crippen LogP contribution in [0.4, 0.5) is 8.78 Å². The molecule has 0 aliphatic carbocycles. The van der Waals surface area contributed by atoms with E-state index in [0.717, 1.165) is 6.07 Å². The van der Waals surface area contributed by atoms with Crippen LogP contribution < -0.4 is 4.72 Å². The first-order chi connectivity index (χ1) is 9.67. The zero-order chi connectivity index (χ0) is 16.2. The van der Waals surface area contributed by atoms with Crippen molar-refractivity contribution >= 4 is 31.9 Å². The maximum atomic E-state index is 13.7. The van der Waals surface area contributed by atoms with Crippen molar-refractivity contribution in [2.75, 3.05) is 0 Å². The normalized spacial score (nSPS) is 13.1. The molecule has 0 fully saturated rings. The lowest BCUT2D eigenvalue weighted by molar-refractivity contribution is -0.137. The van der Waals surface area contributed by atoms with Crippen LogP contribution in [-0.2, 0) is 14.8 Å². The molecule has 0 spiro atoms. The number of sulfonamides is 1. The fourth-order valence-electron chi connectivity index (χ4n) is 1.83. The SMILES string of the molecule is CCCC(CC(=O)O)NS(=O)(=O)c1c(F)cc(F)cc1Br. The van der Waals surface area contributed by atoms with Gasteiger partial charge in [-0.2, -0.15) is 0 Å². The van der Waals surface area contributed by atoms with Crippen LogP contribution in [0.5, 0.6) is 0 Å². The number of rotatable bonds is 7. The monoisotopic (exact) mass is 385 g/mol. The molecule has 0 aromatic heterocycles. The number of aliphatic carboxylic acids is 1. The summed E-state index contributed by atoms with van der Waals surface area (Å²) in [5.41, 5.74) is 0. The Hall–Kier alpha value is -1.06. The van der Waals surface area contributed by atoms with E-state index in [1.54, 1.807) is 6.92 Å². The average molecular weight is 386 g/mol. The molecule has 0 heterocycles. The number of hydrogen-bond acceptors (Lipinski definition) is 3. The molecular formula is C12H14BrF2NO4S. The molecule has 21 heavy (non-hydrogen) atoms. The third-order valence-electron chi connectivity index (χ3n) is 2.61. The molecule has 2 N–H and O–H groups in total. The standard InChI is InChI=1S/C12H14BrF2NO4S/c1-2-3-8(6-11(17)18)16-21(19,20)12-9(13)4-7(14)5-10(12)15/h4-5,8,16H,2-3,6H2,1H3,(H,17,18). The summed E-state index contributed by atoms with van der Waals surface area (Å²) in [7, 11) is -4.31. The molecule has 1 rings (SSSR count). The topological polar surface area (TPSA) is 83.5 Å². The minimum absolute atomic E-state index is 0.266. The molecule has 1 aromatic rings. The van der Waals surface area contributed by atoms with Gasteiger partial charge in [0, 0.05) is 16.6 Å². The second-order valence-electron chi connectivity index (χ2n) is 4.40. The Kier molecular flexibility index (Phi) is 6.24. The van der Waals surface area contributed by atoms with Crippen molar-refractivity contribution in [3.8, 4) is 0 Å². The van der Waals surface area contributed by atoms with Gasteiger partial charge in [0.2, 0.25) is 10.0 Å². The van der Waals surface area contributed by atoms with Crippen molar-refractivity contribution in [1.29, 1.82) is 0 Å². The molecule has 118 valence electrons. The predicted octanol–water partition coefficient (Wildman–Crippen LogP) is 2.65. The van der Waals surface area contributed by atoms with Gasteiger partial charge in [-0.3, -0.25) is 4.79 Å². The van der Waals surface area contributed by atoms with Crippen LogP contribution in [0.25, 0.3) is 0 Å². The van der Waals surface area contributed by atoms with Gasteiger partial charge in [-0.05, 0) is 28.4 Å². The molecule has 0 radical (unpaired) electrons. The van der Waals surface area contributed by atoms with Gasteiger partial charge in [-0.15, -0.1) is 0 Å². The minimum atomic E-state index is -4.31. The zero-order valence-corrected chi connectivity index (χ0v) is 13.5. The largest absolute Gasteiger partial charge is 0.481 e. The van der Waals surface area contributed by atoms with Crippen LogP contribution in [-0.4, -0.2) is 25.5 Å². The number of nitrogens with one attached hydrogen (secondary N) is 1. The molecule has 0 bridgehead atoms. The van der Waals surface area contributed by atoms with E-state index >= 15 is 0 Å². The minimum Gasteiger partial charge on any atom is -0.481 e. The van der Waals surface area contributed by atoms with Crippen molar-refractivity contribution in [3.63, 3.8) is 0 Å². The van der Waals surface area contributed by atoms with E-state index in [0.29, 0.717) is 12.5 Å². The van der Waals surface area contributed by atoms with E-state index in [-0.39, 0.29) is 10.9 Å². The van der Waals surface area contributed by atoms with Crippen LogP contribution in [0.1, 0.15) is 26.2 Å². The Labute approximate surface area is 129 Å². The highest BCUT2D eigenvalue weighted by atomic mass is 79.9. The number of carbonyl (C=O) groups is 1. The highest BCUT2D eigenvalue weighted by Crippen LogP contribution is 2.26. The third-order valence-corrected chi connectivity index (χ3v) is 5.10. The van der Waals surface area contributed by atoms with Gasteiger partial charge in [0.05, 0.1) is 6.42 Å². The second kappa shape index (κ2) is 7.28. The molecular weight excluding hydrogens is 372 g/mol. The van der Waals surface area contributed by atoms with Gasteiger partial charge in [-0.1, -0.05) is 13.3 Å². The predicted molar refractivity (Wildman–Crippen MR) is 75.3 cm³/mol. The van der Waals surface area contributed by atoms with E-state index in [9.17, 15) is 22.0 Å². The van der Waals surface area contributed by atoms with E-state index < -0.39 is 45.0 Å². The number of benzene rings is 1. The third kappa shape index (κ3) is 5.01. The van der Waals surface area contributed by atoms with Gasteiger partial charge >= 0.3 is 5.97 Å².